The van der Waals surface area contributed by atoms with Crippen molar-refractivity contribution < 1.29 is 24.5 Å². The molecule has 1 aliphatic heterocycles. The predicted octanol–water partition coefficient (Wildman–Crippen LogP) is 6.28. The van der Waals surface area contributed by atoms with Crippen molar-refractivity contribution in [2.75, 3.05) is 0 Å². The normalized spacial score (nSPS) is 53.2. The molecule has 1 heterocycles. The second-order valence-electron chi connectivity index (χ2n) is 16.0. The molecular formula is C32H54O5. The maximum absolute atomic E-state index is 12.5. The topological polar surface area (TPSA) is 76.0 Å². The van der Waals surface area contributed by atoms with E-state index in [2.05, 4.69) is 41.5 Å². The SMILES string of the molecule is CC(=O)O[C@@H]1CC2[C@@H]([C@@]3(C)CC[C@@H](C(C)(C)O)O3)CC[C@@]2(C)[C@]2(C)CCC3C(C)(C)[C@@H](O)CC[C@]3(C)C12. The second kappa shape index (κ2) is 8.43. The largest absolute Gasteiger partial charge is 0.462 e. The maximum Gasteiger partial charge on any atom is 0.302 e. The summed E-state index contributed by atoms with van der Waals surface area (Å²) < 4.78 is 13.1. The minimum absolute atomic E-state index is 0.0294. The minimum atomic E-state index is -0.838. The molecule has 11 atom stereocenters. The Hall–Kier alpha value is -0.650. The molecule has 0 spiro atoms. The lowest BCUT2D eigenvalue weighted by atomic mass is 9.35. The average molecular weight is 519 g/mol. The highest BCUT2D eigenvalue weighted by Crippen LogP contribution is 2.76. The molecule has 212 valence electrons. The molecule has 3 unspecified atom stereocenters. The zero-order valence-corrected chi connectivity index (χ0v) is 25.0. The smallest absolute Gasteiger partial charge is 0.302 e. The first-order valence-electron chi connectivity index (χ1n) is 15.2. The zero-order chi connectivity index (χ0) is 27.4. The standard InChI is InChI=1S/C32H54O5/c1-19(33)36-22-18-21-20(32(9)17-13-25(37-32)28(4,5)35)10-15-30(21,7)31(8)16-11-23-27(2,3)24(34)12-14-29(23,6)26(22)31/h20-26,34-35H,10-18H2,1-9H3/t20-,21?,22+,23?,24-,25-,26?,29-,30+,31+,32+/m0/s1. The summed E-state index contributed by atoms with van der Waals surface area (Å²) in [6, 6.07) is 0. The van der Waals surface area contributed by atoms with E-state index in [-0.39, 0.29) is 57.5 Å². The fourth-order valence-corrected chi connectivity index (χ4v) is 11.4. The van der Waals surface area contributed by atoms with Gasteiger partial charge in [0.2, 0.25) is 0 Å². The zero-order valence-electron chi connectivity index (χ0n) is 25.0. The Morgan fingerprint density at radius 3 is 2.14 bits per heavy atom. The number of esters is 1. The molecule has 2 N–H and O–H groups in total. The number of fused-ring (bicyclic) bond motifs is 5. The number of carbonyl (C=O) groups excluding carboxylic acids is 1. The van der Waals surface area contributed by atoms with Gasteiger partial charge in [0, 0.05) is 12.8 Å². The fraction of sp³-hybridized carbons (Fsp3) is 0.969. The molecule has 5 aliphatic rings. The molecule has 0 aromatic carbocycles. The molecule has 1 saturated heterocycles. The van der Waals surface area contributed by atoms with Crippen molar-refractivity contribution >= 4 is 5.97 Å². The number of aliphatic hydroxyl groups excluding tert-OH is 1. The van der Waals surface area contributed by atoms with Gasteiger partial charge in [-0.2, -0.15) is 0 Å². The molecule has 0 radical (unpaired) electrons. The number of hydrogen-bond donors (Lipinski definition) is 2. The summed E-state index contributed by atoms with van der Waals surface area (Å²) in [5.74, 6) is 1.36. The van der Waals surface area contributed by atoms with Crippen LogP contribution >= 0.6 is 0 Å². The van der Waals surface area contributed by atoms with Gasteiger partial charge >= 0.3 is 5.97 Å². The summed E-state index contributed by atoms with van der Waals surface area (Å²) in [5, 5.41) is 21.7. The molecule has 0 aromatic heterocycles. The van der Waals surface area contributed by atoms with Crippen LogP contribution in [0.2, 0.25) is 0 Å². The molecule has 5 rings (SSSR count). The predicted molar refractivity (Wildman–Crippen MR) is 145 cm³/mol. The Balaban J connectivity index is 1.54. The summed E-state index contributed by atoms with van der Waals surface area (Å²) >= 11 is 0. The number of carbonyl (C=O) groups is 1. The average Bonchev–Trinajstić information content (AvgIpc) is 3.33. The Labute approximate surface area is 225 Å². The molecule has 0 bridgehead atoms. The third-order valence-electron chi connectivity index (χ3n) is 13.5. The highest BCUT2D eigenvalue weighted by Gasteiger charge is 2.72. The first-order chi connectivity index (χ1) is 16.9. The number of rotatable bonds is 3. The number of aliphatic hydroxyl groups is 2. The lowest BCUT2D eigenvalue weighted by molar-refractivity contribution is -0.261. The van der Waals surface area contributed by atoms with E-state index in [9.17, 15) is 15.0 Å². The van der Waals surface area contributed by atoms with Crippen LogP contribution in [0.15, 0.2) is 0 Å². The molecule has 0 aromatic rings. The van der Waals surface area contributed by atoms with Crippen molar-refractivity contribution in [3.05, 3.63) is 0 Å². The Kier molecular flexibility index (Phi) is 6.35. The number of ether oxygens (including phenoxy) is 2. The van der Waals surface area contributed by atoms with Crippen molar-refractivity contribution in [2.24, 2.45) is 45.3 Å². The molecule has 4 aliphatic carbocycles. The first kappa shape index (κ1) is 27.9. The van der Waals surface area contributed by atoms with Crippen LogP contribution in [0.5, 0.6) is 0 Å². The van der Waals surface area contributed by atoms with Crippen LogP contribution in [0.4, 0.5) is 0 Å². The van der Waals surface area contributed by atoms with Crippen LogP contribution in [0.1, 0.15) is 120 Å². The van der Waals surface area contributed by atoms with E-state index in [1.807, 2.05) is 13.8 Å². The molecule has 5 nitrogen and oxygen atoms in total. The van der Waals surface area contributed by atoms with Crippen LogP contribution in [-0.4, -0.2) is 45.7 Å². The van der Waals surface area contributed by atoms with Gasteiger partial charge in [0.1, 0.15) is 6.10 Å². The highest BCUT2D eigenvalue weighted by atomic mass is 16.5. The summed E-state index contributed by atoms with van der Waals surface area (Å²) in [7, 11) is 0. The van der Waals surface area contributed by atoms with Gasteiger partial charge in [-0.05, 0) is 118 Å². The number of hydrogen-bond acceptors (Lipinski definition) is 5. The van der Waals surface area contributed by atoms with Crippen molar-refractivity contribution in [1.82, 2.24) is 0 Å². The van der Waals surface area contributed by atoms with E-state index in [0.29, 0.717) is 17.8 Å². The van der Waals surface area contributed by atoms with Crippen molar-refractivity contribution in [3.8, 4) is 0 Å². The molecule has 37 heavy (non-hydrogen) atoms. The Morgan fingerprint density at radius 2 is 1.54 bits per heavy atom. The Bertz CT molecular complexity index is 923. The van der Waals surface area contributed by atoms with Gasteiger partial charge in [0.05, 0.1) is 23.4 Å². The van der Waals surface area contributed by atoms with Gasteiger partial charge in [-0.15, -0.1) is 0 Å². The van der Waals surface area contributed by atoms with Crippen LogP contribution in [0.25, 0.3) is 0 Å². The van der Waals surface area contributed by atoms with Crippen LogP contribution < -0.4 is 0 Å². The summed E-state index contributed by atoms with van der Waals surface area (Å²) in [6.45, 7) is 19.7. The van der Waals surface area contributed by atoms with Crippen molar-refractivity contribution in [2.45, 2.75) is 150 Å². The van der Waals surface area contributed by atoms with E-state index < -0.39 is 5.60 Å². The van der Waals surface area contributed by atoms with Gasteiger partial charge in [0.25, 0.3) is 0 Å². The first-order valence-corrected chi connectivity index (χ1v) is 15.2. The lowest BCUT2D eigenvalue weighted by Crippen LogP contribution is -2.68. The van der Waals surface area contributed by atoms with Gasteiger partial charge in [-0.3, -0.25) is 4.79 Å². The molecule has 5 fully saturated rings. The van der Waals surface area contributed by atoms with Crippen LogP contribution in [0.3, 0.4) is 0 Å². The minimum Gasteiger partial charge on any atom is -0.462 e. The van der Waals surface area contributed by atoms with Gasteiger partial charge < -0.3 is 19.7 Å². The fourth-order valence-electron chi connectivity index (χ4n) is 11.4. The van der Waals surface area contributed by atoms with E-state index in [1.165, 1.54) is 6.42 Å². The maximum atomic E-state index is 12.5. The molecule has 4 saturated carbocycles. The summed E-state index contributed by atoms with van der Waals surface area (Å²) in [4.78, 5) is 12.5. The monoisotopic (exact) mass is 518 g/mol. The van der Waals surface area contributed by atoms with E-state index in [0.717, 1.165) is 51.4 Å². The van der Waals surface area contributed by atoms with E-state index in [4.69, 9.17) is 9.47 Å². The van der Waals surface area contributed by atoms with Crippen LogP contribution in [-0.2, 0) is 14.3 Å². The molecular weight excluding hydrogens is 464 g/mol. The third-order valence-corrected chi connectivity index (χ3v) is 13.5. The highest BCUT2D eigenvalue weighted by molar-refractivity contribution is 5.66. The molecule has 0 amide bonds. The lowest BCUT2D eigenvalue weighted by Gasteiger charge is -2.71. The summed E-state index contributed by atoms with van der Waals surface area (Å²) in [5.41, 5.74) is -1.00. The van der Waals surface area contributed by atoms with Gasteiger partial charge in [-0.25, -0.2) is 0 Å². The van der Waals surface area contributed by atoms with Gasteiger partial charge in [0.15, 0.2) is 0 Å². The van der Waals surface area contributed by atoms with Gasteiger partial charge in [-0.1, -0.05) is 34.6 Å². The van der Waals surface area contributed by atoms with E-state index >= 15 is 0 Å². The van der Waals surface area contributed by atoms with Crippen LogP contribution in [0, 0.1) is 45.3 Å². The van der Waals surface area contributed by atoms with Crippen molar-refractivity contribution in [3.63, 3.8) is 0 Å². The van der Waals surface area contributed by atoms with E-state index in [1.54, 1.807) is 6.92 Å². The van der Waals surface area contributed by atoms with Crippen molar-refractivity contribution in [1.29, 1.82) is 0 Å². The summed E-state index contributed by atoms with van der Waals surface area (Å²) in [6.07, 6.45) is 8.65. The quantitative estimate of drug-likeness (QED) is 0.430. The second-order valence-corrected chi connectivity index (χ2v) is 16.0. The third kappa shape index (κ3) is 3.83. The Morgan fingerprint density at radius 1 is 0.892 bits per heavy atom. The molecule has 5 heteroatoms.